The Morgan fingerprint density at radius 3 is 1.95 bits per heavy atom. The van der Waals surface area contributed by atoms with Crippen molar-refractivity contribution in [1.82, 2.24) is 14.0 Å². The predicted octanol–water partition coefficient (Wildman–Crippen LogP) is 2.90. The Labute approximate surface area is 230 Å². The Kier molecular flexibility index (Phi) is 8.43. The second kappa shape index (κ2) is 11.4. The number of rotatable bonds is 7. The summed E-state index contributed by atoms with van der Waals surface area (Å²) in [6.45, 7) is 1.07. The van der Waals surface area contributed by atoms with Gasteiger partial charge in [-0.15, -0.1) is 0 Å². The molecule has 1 amide bonds. The van der Waals surface area contributed by atoms with Gasteiger partial charge >= 0.3 is 0 Å². The highest BCUT2D eigenvalue weighted by Crippen LogP contribution is 2.25. The van der Waals surface area contributed by atoms with Gasteiger partial charge in [0.15, 0.2) is 0 Å². The van der Waals surface area contributed by atoms with Gasteiger partial charge in [0.25, 0.3) is 5.91 Å². The molecule has 0 spiro atoms. The first kappa shape index (κ1) is 27.4. The molecule has 9 nitrogen and oxygen atoms in total. The number of sulfonamides is 2. The van der Waals surface area contributed by atoms with E-state index in [1.54, 1.807) is 43.3 Å². The van der Waals surface area contributed by atoms with Crippen molar-refractivity contribution in [2.24, 2.45) is 5.10 Å². The molecule has 0 saturated carbocycles. The molecule has 1 aliphatic rings. The Balaban J connectivity index is 1.65. The van der Waals surface area contributed by atoms with Gasteiger partial charge in [0.1, 0.15) is 6.04 Å². The average Bonchev–Trinajstić information content (AvgIpc) is 2.92. The van der Waals surface area contributed by atoms with Crippen molar-refractivity contribution < 1.29 is 21.6 Å². The summed E-state index contributed by atoms with van der Waals surface area (Å²) in [5, 5.41) is 4.16. The maximum Gasteiger partial charge on any atom is 0.259 e. The van der Waals surface area contributed by atoms with E-state index >= 15 is 0 Å². The Morgan fingerprint density at radius 1 is 0.838 bits per heavy atom. The molecule has 3 aromatic carbocycles. The van der Waals surface area contributed by atoms with Crippen LogP contribution >= 0.6 is 22.6 Å². The number of hydrogen-bond acceptors (Lipinski definition) is 6. The normalized spacial score (nSPS) is 17.9. The van der Waals surface area contributed by atoms with E-state index in [0.717, 1.165) is 17.7 Å². The number of hydrazone groups is 1. The van der Waals surface area contributed by atoms with E-state index in [1.165, 1.54) is 24.3 Å². The van der Waals surface area contributed by atoms with Gasteiger partial charge in [-0.1, -0.05) is 48.5 Å². The van der Waals surface area contributed by atoms with E-state index in [1.807, 2.05) is 24.3 Å². The van der Waals surface area contributed by atoms with Gasteiger partial charge in [0.2, 0.25) is 20.0 Å². The summed E-state index contributed by atoms with van der Waals surface area (Å²) in [5.41, 5.74) is 3.75. The molecule has 0 aliphatic carbocycles. The maximum atomic E-state index is 13.5. The van der Waals surface area contributed by atoms with Crippen LogP contribution in [0.1, 0.15) is 12.5 Å². The lowest BCUT2D eigenvalue weighted by Gasteiger charge is -2.38. The van der Waals surface area contributed by atoms with Gasteiger partial charge in [-0.25, -0.2) is 22.3 Å². The first-order valence-corrected chi connectivity index (χ1v) is 15.3. The fourth-order valence-electron chi connectivity index (χ4n) is 3.90. The van der Waals surface area contributed by atoms with Crippen LogP contribution in [0.4, 0.5) is 0 Å². The highest BCUT2D eigenvalue weighted by atomic mass is 127. The zero-order valence-corrected chi connectivity index (χ0v) is 23.6. The standard InChI is InChI=1S/C25H25IN4O5S2/c1-19(20-12-14-21(26)15-13-20)27-28-25(31)24-18-29(36(32,33)22-8-4-2-5-9-22)16-17-30(24)37(34,35)23-10-6-3-7-11-23/h2-15,24H,16-18H2,1H3,(H,28,31)/b27-19-/t24-/m0/s1. The van der Waals surface area contributed by atoms with Crippen molar-refractivity contribution in [2.75, 3.05) is 19.6 Å². The van der Waals surface area contributed by atoms with Crippen LogP contribution in [0, 0.1) is 3.57 Å². The molecule has 1 aliphatic heterocycles. The molecular formula is C25H25IN4O5S2. The van der Waals surface area contributed by atoms with E-state index in [-0.39, 0.29) is 29.4 Å². The minimum atomic E-state index is -4.08. The third kappa shape index (κ3) is 6.09. The summed E-state index contributed by atoms with van der Waals surface area (Å²) in [5.74, 6) is -0.725. The van der Waals surface area contributed by atoms with Gasteiger partial charge in [0, 0.05) is 23.2 Å². The van der Waals surface area contributed by atoms with Gasteiger partial charge in [-0.3, -0.25) is 4.79 Å². The highest BCUT2D eigenvalue weighted by Gasteiger charge is 2.43. The molecule has 4 rings (SSSR count). The Hall–Kier alpha value is -2.65. The van der Waals surface area contributed by atoms with Crippen LogP contribution in [-0.4, -0.2) is 62.7 Å². The molecule has 1 atom stereocenters. The fraction of sp³-hybridized carbons (Fsp3) is 0.200. The van der Waals surface area contributed by atoms with Crippen molar-refractivity contribution in [3.63, 3.8) is 0 Å². The summed E-state index contributed by atoms with van der Waals surface area (Å²) < 4.78 is 56.7. The summed E-state index contributed by atoms with van der Waals surface area (Å²) >= 11 is 2.18. The van der Waals surface area contributed by atoms with E-state index in [2.05, 4.69) is 33.1 Å². The highest BCUT2D eigenvalue weighted by molar-refractivity contribution is 14.1. The first-order valence-electron chi connectivity index (χ1n) is 11.3. The summed E-state index contributed by atoms with van der Waals surface area (Å²) in [6, 6.07) is 21.8. The van der Waals surface area contributed by atoms with Crippen LogP contribution < -0.4 is 5.43 Å². The fourth-order valence-corrected chi connectivity index (χ4v) is 7.31. The molecular weight excluding hydrogens is 627 g/mol. The number of nitrogens with one attached hydrogen (secondary N) is 1. The smallest absolute Gasteiger partial charge is 0.259 e. The molecule has 37 heavy (non-hydrogen) atoms. The number of carbonyl (C=O) groups excluding carboxylic acids is 1. The number of piperazine rings is 1. The maximum absolute atomic E-state index is 13.5. The summed E-state index contributed by atoms with van der Waals surface area (Å²) in [4.78, 5) is 13.4. The zero-order chi connectivity index (χ0) is 26.6. The van der Waals surface area contributed by atoms with E-state index in [9.17, 15) is 21.6 Å². The van der Waals surface area contributed by atoms with Crippen molar-refractivity contribution in [1.29, 1.82) is 0 Å². The first-order chi connectivity index (χ1) is 17.6. The zero-order valence-electron chi connectivity index (χ0n) is 19.9. The molecule has 194 valence electrons. The lowest BCUT2D eigenvalue weighted by atomic mass is 10.1. The molecule has 1 N–H and O–H groups in total. The van der Waals surface area contributed by atoms with E-state index in [0.29, 0.717) is 5.71 Å². The number of hydrogen-bond donors (Lipinski definition) is 1. The van der Waals surface area contributed by atoms with Crippen molar-refractivity contribution in [2.45, 2.75) is 22.8 Å². The SMILES string of the molecule is C/C(=N/NC(=O)[C@@H]1CN(S(=O)(=O)c2ccccc2)CCN1S(=O)(=O)c1ccccc1)c1ccc(I)cc1. The van der Waals surface area contributed by atoms with E-state index in [4.69, 9.17) is 0 Å². The molecule has 0 unspecified atom stereocenters. The lowest BCUT2D eigenvalue weighted by molar-refractivity contribution is -0.125. The predicted molar refractivity (Wildman–Crippen MR) is 149 cm³/mol. The van der Waals surface area contributed by atoms with Crippen molar-refractivity contribution in [3.8, 4) is 0 Å². The minimum Gasteiger partial charge on any atom is -0.271 e. The van der Waals surface area contributed by atoms with Gasteiger partial charge < -0.3 is 0 Å². The quantitative estimate of drug-likeness (QED) is 0.240. The third-order valence-electron chi connectivity index (χ3n) is 5.92. The Bertz CT molecular complexity index is 1500. The number of halogens is 1. The monoisotopic (exact) mass is 652 g/mol. The van der Waals surface area contributed by atoms with Crippen molar-refractivity contribution >= 4 is 54.3 Å². The largest absolute Gasteiger partial charge is 0.271 e. The molecule has 12 heteroatoms. The second-order valence-electron chi connectivity index (χ2n) is 8.30. The van der Waals surface area contributed by atoms with Crippen LogP contribution in [0.5, 0.6) is 0 Å². The molecule has 1 heterocycles. The van der Waals surface area contributed by atoms with Crippen LogP contribution in [-0.2, 0) is 24.8 Å². The van der Waals surface area contributed by atoms with Gasteiger partial charge in [-0.05, 0) is 71.5 Å². The number of nitrogens with zero attached hydrogens (tertiary/aromatic N) is 3. The molecule has 1 fully saturated rings. The molecule has 0 bridgehead atoms. The number of carbonyl (C=O) groups is 1. The Morgan fingerprint density at radius 2 is 1.38 bits per heavy atom. The molecule has 0 aromatic heterocycles. The van der Waals surface area contributed by atoms with Crippen LogP contribution in [0.2, 0.25) is 0 Å². The molecule has 3 aromatic rings. The average molecular weight is 653 g/mol. The lowest BCUT2D eigenvalue weighted by Crippen LogP contribution is -2.60. The minimum absolute atomic E-state index is 0.0192. The van der Waals surface area contributed by atoms with Crippen LogP contribution in [0.25, 0.3) is 0 Å². The second-order valence-corrected chi connectivity index (χ2v) is 13.4. The van der Waals surface area contributed by atoms with Crippen LogP contribution in [0.15, 0.2) is 99.8 Å². The molecule has 1 saturated heterocycles. The molecule has 0 radical (unpaired) electrons. The van der Waals surface area contributed by atoms with Gasteiger partial charge in [0.05, 0.1) is 15.5 Å². The topological polar surface area (TPSA) is 116 Å². The van der Waals surface area contributed by atoms with E-state index < -0.39 is 32.0 Å². The van der Waals surface area contributed by atoms with Crippen LogP contribution in [0.3, 0.4) is 0 Å². The summed E-state index contributed by atoms with van der Waals surface area (Å²) in [6.07, 6.45) is 0. The third-order valence-corrected chi connectivity index (χ3v) is 10.4. The van der Waals surface area contributed by atoms with Crippen molar-refractivity contribution in [3.05, 3.63) is 94.1 Å². The summed E-state index contributed by atoms with van der Waals surface area (Å²) in [7, 11) is -8.03. The number of benzene rings is 3. The number of amides is 1. The van der Waals surface area contributed by atoms with Gasteiger partial charge in [-0.2, -0.15) is 13.7 Å².